The van der Waals surface area contributed by atoms with Crippen LogP contribution in [0.25, 0.3) is 0 Å². The van der Waals surface area contributed by atoms with E-state index >= 15 is 0 Å². The largest absolute Gasteiger partial charge is 0.151 e. The van der Waals surface area contributed by atoms with E-state index in [1.165, 1.54) is 5.56 Å². The van der Waals surface area contributed by atoms with Gasteiger partial charge in [0.25, 0.3) is 0 Å². The van der Waals surface area contributed by atoms with Gasteiger partial charge in [-0.3, -0.25) is 0 Å². The van der Waals surface area contributed by atoms with Crippen molar-refractivity contribution in [3.05, 3.63) is 35.9 Å². The summed E-state index contributed by atoms with van der Waals surface area (Å²) >= 11 is 0.0839. The number of hydrogen-bond donors (Lipinski definition) is 1. The van der Waals surface area contributed by atoms with Crippen LogP contribution in [-0.4, -0.2) is 12.0 Å². The van der Waals surface area contributed by atoms with Gasteiger partial charge in [-0.1, -0.05) is 30.3 Å². The molecule has 1 aromatic carbocycles. The first-order chi connectivity index (χ1) is 5.29. The van der Waals surface area contributed by atoms with E-state index in [1.54, 1.807) is 0 Å². The molecular formula is C9H14NS+. The number of hydrogen-bond acceptors (Lipinski definition) is 1. The van der Waals surface area contributed by atoms with Crippen molar-refractivity contribution in [1.29, 1.82) is 0 Å². The Bertz CT molecular complexity index is 196. The molecule has 0 spiro atoms. The predicted octanol–water partition coefficient (Wildman–Crippen LogP) is 1.35. The second-order valence-electron chi connectivity index (χ2n) is 2.63. The first kappa shape index (κ1) is 8.62. The van der Waals surface area contributed by atoms with Gasteiger partial charge in [0.1, 0.15) is 12.0 Å². The Morgan fingerprint density at radius 3 is 2.45 bits per heavy atom. The molecule has 0 aliphatic carbocycles. The predicted molar refractivity (Wildman–Crippen MR) is 52.5 cm³/mol. The summed E-state index contributed by atoms with van der Waals surface area (Å²) in [4.78, 5) is 0. The fraction of sp³-hybridized carbons (Fsp3) is 0.333. The second kappa shape index (κ2) is 4.42. The maximum absolute atomic E-state index is 5.67. The third-order valence-electron chi connectivity index (χ3n) is 1.56. The molecule has 0 amide bonds. The Balaban J connectivity index is 2.39. The number of benzene rings is 1. The lowest BCUT2D eigenvalue weighted by atomic mass is 10.2. The van der Waals surface area contributed by atoms with Crippen LogP contribution in [0.5, 0.6) is 0 Å². The van der Waals surface area contributed by atoms with Gasteiger partial charge in [0.2, 0.25) is 0 Å². The van der Waals surface area contributed by atoms with Crippen LogP contribution in [0, 0.1) is 0 Å². The Morgan fingerprint density at radius 2 is 1.91 bits per heavy atom. The fourth-order valence-electron chi connectivity index (χ4n) is 0.924. The topological polar surface area (TPSA) is 26.0 Å². The standard InChI is InChI=1S/C9H14NS/c1-11(10)8-7-9-5-3-2-4-6-9/h2-6H,7-8,10H2,1H3/q+1. The first-order valence-electron chi connectivity index (χ1n) is 3.70. The molecule has 0 aliphatic heterocycles. The Kier molecular flexibility index (Phi) is 3.46. The Hall–Kier alpha value is -0.470. The Labute approximate surface area is 71.1 Å². The molecule has 1 nitrogen and oxygen atoms in total. The maximum atomic E-state index is 5.67. The van der Waals surface area contributed by atoms with E-state index in [0.29, 0.717) is 0 Å². The van der Waals surface area contributed by atoms with Crippen molar-refractivity contribution in [2.24, 2.45) is 5.14 Å². The molecule has 0 heterocycles. The maximum Gasteiger partial charge on any atom is 0.131 e. The average molecular weight is 168 g/mol. The SMILES string of the molecule is C[S+](N)CCc1ccccc1. The molecule has 1 unspecified atom stereocenters. The van der Waals surface area contributed by atoms with Crippen molar-refractivity contribution in [2.75, 3.05) is 12.0 Å². The van der Waals surface area contributed by atoms with E-state index in [1.807, 2.05) is 6.07 Å². The van der Waals surface area contributed by atoms with Crippen molar-refractivity contribution >= 4 is 11.1 Å². The summed E-state index contributed by atoms with van der Waals surface area (Å²) in [7, 11) is 0. The van der Waals surface area contributed by atoms with E-state index in [-0.39, 0.29) is 11.1 Å². The molecule has 11 heavy (non-hydrogen) atoms. The number of nitrogens with two attached hydrogens (primary N) is 1. The van der Waals surface area contributed by atoms with Gasteiger partial charge in [0.05, 0.1) is 11.1 Å². The molecule has 60 valence electrons. The minimum Gasteiger partial charge on any atom is -0.151 e. The van der Waals surface area contributed by atoms with Crippen molar-refractivity contribution in [2.45, 2.75) is 6.42 Å². The van der Waals surface area contributed by atoms with Crippen molar-refractivity contribution in [3.8, 4) is 0 Å². The monoisotopic (exact) mass is 168 g/mol. The van der Waals surface area contributed by atoms with Crippen LogP contribution in [-0.2, 0) is 17.5 Å². The summed E-state index contributed by atoms with van der Waals surface area (Å²) in [6, 6.07) is 10.5. The molecule has 0 aromatic heterocycles. The molecule has 0 bridgehead atoms. The molecule has 2 N–H and O–H groups in total. The van der Waals surface area contributed by atoms with Crippen LogP contribution < -0.4 is 5.14 Å². The molecule has 1 aromatic rings. The highest BCUT2D eigenvalue weighted by Crippen LogP contribution is 2.00. The van der Waals surface area contributed by atoms with E-state index in [4.69, 9.17) is 5.14 Å². The molecule has 0 saturated carbocycles. The van der Waals surface area contributed by atoms with E-state index in [2.05, 4.69) is 30.5 Å². The molecule has 1 atom stereocenters. The highest BCUT2D eigenvalue weighted by molar-refractivity contribution is 7.94. The molecule has 0 saturated heterocycles. The Morgan fingerprint density at radius 1 is 1.27 bits per heavy atom. The summed E-state index contributed by atoms with van der Waals surface area (Å²) in [5.74, 6) is 1.10. The molecule has 2 heteroatoms. The van der Waals surface area contributed by atoms with Crippen LogP contribution in [0.15, 0.2) is 30.3 Å². The third kappa shape index (κ3) is 3.44. The molecular weight excluding hydrogens is 154 g/mol. The minimum absolute atomic E-state index is 0.0839. The summed E-state index contributed by atoms with van der Waals surface area (Å²) in [5, 5.41) is 5.67. The molecule has 0 fully saturated rings. The van der Waals surface area contributed by atoms with Crippen LogP contribution in [0.2, 0.25) is 0 Å². The number of aryl methyl sites for hydroxylation is 1. The highest BCUT2D eigenvalue weighted by atomic mass is 32.2. The van der Waals surface area contributed by atoms with Crippen LogP contribution in [0.4, 0.5) is 0 Å². The second-order valence-corrected chi connectivity index (χ2v) is 4.42. The average Bonchev–Trinajstić information content (AvgIpc) is 2.03. The van der Waals surface area contributed by atoms with Gasteiger partial charge in [-0.2, -0.15) is 5.14 Å². The van der Waals surface area contributed by atoms with E-state index in [9.17, 15) is 0 Å². The summed E-state index contributed by atoms with van der Waals surface area (Å²) in [6.45, 7) is 0. The lowest BCUT2D eigenvalue weighted by molar-refractivity contribution is 1.15. The van der Waals surface area contributed by atoms with Gasteiger partial charge >= 0.3 is 0 Å². The van der Waals surface area contributed by atoms with E-state index < -0.39 is 0 Å². The fourth-order valence-corrected chi connectivity index (χ4v) is 1.48. The van der Waals surface area contributed by atoms with Crippen LogP contribution >= 0.6 is 0 Å². The van der Waals surface area contributed by atoms with E-state index in [0.717, 1.165) is 12.2 Å². The highest BCUT2D eigenvalue weighted by Gasteiger charge is 2.02. The molecule has 0 radical (unpaired) electrons. The van der Waals surface area contributed by atoms with Gasteiger partial charge in [-0.25, -0.2) is 0 Å². The van der Waals surface area contributed by atoms with Gasteiger partial charge in [0.15, 0.2) is 0 Å². The summed E-state index contributed by atoms with van der Waals surface area (Å²) < 4.78 is 0. The van der Waals surface area contributed by atoms with Crippen molar-refractivity contribution in [3.63, 3.8) is 0 Å². The van der Waals surface area contributed by atoms with Gasteiger partial charge < -0.3 is 0 Å². The third-order valence-corrected chi connectivity index (χ3v) is 2.40. The van der Waals surface area contributed by atoms with Crippen LogP contribution in [0.3, 0.4) is 0 Å². The molecule has 1 rings (SSSR count). The van der Waals surface area contributed by atoms with Gasteiger partial charge in [-0.15, -0.1) is 0 Å². The minimum atomic E-state index is 0.0839. The first-order valence-corrected chi connectivity index (χ1v) is 5.56. The lowest BCUT2D eigenvalue weighted by Gasteiger charge is -1.96. The van der Waals surface area contributed by atoms with Crippen molar-refractivity contribution in [1.82, 2.24) is 0 Å². The molecule has 0 aliphatic rings. The number of rotatable bonds is 3. The lowest BCUT2D eigenvalue weighted by Crippen LogP contribution is -2.16. The summed E-state index contributed by atoms with van der Waals surface area (Å²) in [6.07, 6.45) is 3.18. The van der Waals surface area contributed by atoms with Crippen LogP contribution in [0.1, 0.15) is 5.56 Å². The quantitative estimate of drug-likeness (QED) is 0.677. The zero-order valence-corrected chi connectivity index (χ0v) is 7.60. The summed E-state index contributed by atoms with van der Waals surface area (Å²) in [5.41, 5.74) is 1.39. The smallest absolute Gasteiger partial charge is 0.131 e. The normalized spacial score (nSPS) is 12.9. The zero-order valence-electron chi connectivity index (χ0n) is 6.79. The zero-order chi connectivity index (χ0) is 8.10. The van der Waals surface area contributed by atoms with Gasteiger partial charge in [0, 0.05) is 6.42 Å². The van der Waals surface area contributed by atoms with Crippen molar-refractivity contribution < 1.29 is 0 Å². The van der Waals surface area contributed by atoms with Gasteiger partial charge in [-0.05, 0) is 5.56 Å².